The van der Waals surface area contributed by atoms with Crippen molar-refractivity contribution in [3.63, 3.8) is 0 Å². The molecule has 0 saturated carbocycles. The third kappa shape index (κ3) is 1.07. The molecule has 14 heavy (non-hydrogen) atoms. The Morgan fingerprint density at radius 3 is 2.57 bits per heavy atom. The minimum atomic E-state index is -3.33. The topological polar surface area (TPSA) is 43.4 Å². The van der Waals surface area contributed by atoms with Gasteiger partial charge >= 0.3 is 0 Å². The van der Waals surface area contributed by atoms with Crippen LogP contribution in [-0.4, -0.2) is 13.4 Å². The van der Waals surface area contributed by atoms with E-state index in [2.05, 4.69) is 0 Å². The average molecular weight is 212 g/mol. The number of hydrogen-bond donors (Lipinski definition) is 0. The zero-order chi connectivity index (χ0) is 10.6. The molecule has 0 fully saturated rings. The fourth-order valence-electron chi connectivity index (χ4n) is 1.49. The number of ether oxygens (including phenoxy) is 1. The molecular weight excluding hydrogens is 200 g/mol. The number of hydrogen-bond acceptors (Lipinski definition) is 3. The average Bonchev–Trinajstić information content (AvgIpc) is 2.22. The van der Waals surface area contributed by atoms with E-state index in [1.807, 2.05) is 13.0 Å². The molecule has 0 bridgehead atoms. The van der Waals surface area contributed by atoms with Gasteiger partial charge in [0, 0.05) is 0 Å². The molecule has 1 aliphatic heterocycles. The molecule has 1 aromatic carbocycles. The monoisotopic (exact) mass is 212 g/mol. The molecule has 0 spiro atoms. The van der Waals surface area contributed by atoms with E-state index in [-0.39, 0.29) is 0 Å². The normalized spacial score (nSPS) is 21.4. The Kier molecular flexibility index (Phi) is 1.71. The zero-order valence-electron chi connectivity index (χ0n) is 8.37. The van der Waals surface area contributed by atoms with Crippen molar-refractivity contribution in [2.75, 3.05) is 0 Å². The highest BCUT2D eigenvalue weighted by molar-refractivity contribution is 7.93. The van der Waals surface area contributed by atoms with Crippen LogP contribution in [-0.2, 0) is 9.84 Å². The van der Waals surface area contributed by atoms with Crippen molar-refractivity contribution < 1.29 is 13.2 Å². The van der Waals surface area contributed by atoms with Gasteiger partial charge in [-0.2, -0.15) is 0 Å². The van der Waals surface area contributed by atoms with Gasteiger partial charge in [0.1, 0.15) is 10.6 Å². The summed E-state index contributed by atoms with van der Waals surface area (Å²) in [5.41, 5.74) is 0.925. The fourth-order valence-corrected chi connectivity index (χ4v) is 2.94. The van der Waals surface area contributed by atoms with E-state index in [9.17, 15) is 8.42 Å². The van der Waals surface area contributed by atoms with E-state index in [4.69, 9.17) is 4.74 Å². The molecule has 0 unspecified atom stereocenters. The molecule has 0 N–H and O–H groups in total. The Balaban J connectivity index is 2.75. The van der Waals surface area contributed by atoms with Gasteiger partial charge in [-0.25, -0.2) is 8.42 Å². The number of aryl methyl sites for hydroxylation is 1. The minimum absolute atomic E-state index is 0.308. The van der Waals surface area contributed by atoms with Crippen molar-refractivity contribution in [1.29, 1.82) is 0 Å². The van der Waals surface area contributed by atoms with E-state index in [0.717, 1.165) is 5.56 Å². The largest absolute Gasteiger partial charge is 0.470 e. The molecule has 2 rings (SSSR count). The quantitative estimate of drug-likeness (QED) is 0.659. The van der Waals surface area contributed by atoms with Crippen molar-refractivity contribution in [1.82, 2.24) is 0 Å². The van der Waals surface area contributed by atoms with Crippen molar-refractivity contribution in [2.45, 2.75) is 30.6 Å². The van der Waals surface area contributed by atoms with E-state index in [0.29, 0.717) is 10.6 Å². The van der Waals surface area contributed by atoms with Crippen LogP contribution in [0.5, 0.6) is 5.75 Å². The first-order chi connectivity index (χ1) is 6.34. The van der Waals surface area contributed by atoms with Crippen molar-refractivity contribution >= 4 is 9.84 Å². The van der Waals surface area contributed by atoms with Gasteiger partial charge in [-0.05, 0) is 38.5 Å². The molecule has 76 valence electrons. The molecule has 1 aromatic rings. The summed E-state index contributed by atoms with van der Waals surface area (Å²) < 4.78 is 29.2. The molecule has 1 aliphatic rings. The van der Waals surface area contributed by atoms with Crippen LogP contribution in [0.3, 0.4) is 0 Å². The van der Waals surface area contributed by atoms with Crippen LogP contribution >= 0.6 is 0 Å². The maximum atomic E-state index is 11.9. The standard InChI is InChI=1S/C10H12O3S/c1-7-4-5-8-9(6-7)14(11,12)10(2,3)13-8/h4-6H,1-3H3. The molecule has 0 saturated heterocycles. The van der Waals surface area contributed by atoms with Gasteiger partial charge in [0.25, 0.3) is 0 Å². The molecule has 0 atom stereocenters. The molecular formula is C10H12O3S. The number of rotatable bonds is 0. The van der Waals surface area contributed by atoms with Gasteiger partial charge in [0.2, 0.25) is 14.8 Å². The highest BCUT2D eigenvalue weighted by Crippen LogP contribution is 2.41. The van der Waals surface area contributed by atoms with Gasteiger partial charge in [-0.1, -0.05) is 6.07 Å². The molecule has 0 aliphatic carbocycles. The van der Waals surface area contributed by atoms with Crippen LogP contribution in [0.25, 0.3) is 0 Å². The van der Waals surface area contributed by atoms with Gasteiger partial charge in [-0.15, -0.1) is 0 Å². The second-order valence-electron chi connectivity index (χ2n) is 3.96. The van der Waals surface area contributed by atoms with Crippen LogP contribution in [0.2, 0.25) is 0 Å². The Bertz CT molecular complexity index is 486. The summed E-state index contributed by atoms with van der Waals surface area (Å²) >= 11 is 0. The molecule has 3 nitrogen and oxygen atoms in total. The summed E-state index contributed by atoms with van der Waals surface area (Å²) in [6.45, 7) is 5.00. The number of sulfone groups is 1. The fraction of sp³-hybridized carbons (Fsp3) is 0.400. The van der Waals surface area contributed by atoms with Gasteiger partial charge in [-0.3, -0.25) is 0 Å². The highest BCUT2D eigenvalue weighted by atomic mass is 32.2. The van der Waals surface area contributed by atoms with Crippen LogP contribution < -0.4 is 4.74 Å². The minimum Gasteiger partial charge on any atom is -0.470 e. The van der Waals surface area contributed by atoms with Crippen LogP contribution in [0.15, 0.2) is 23.1 Å². The van der Waals surface area contributed by atoms with Crippen molar-refractivity contribution in [3.8, 4) is 5.75 Å². The lowest BCUT2D eigenvalue weighted by atomic mass is 10.2. The molecule has 0 amide bonds. The maximum absolute atomic E-state index is 11.9. The van der Waals surface area contributed by atoms with E-state index in [1.54, 1.807) is 26.0 Å². The third-order valence-corrected chi connectivity index (χ3v) is 4.67. The lowest BCUT2D eigenvalue weighted by Gasteiger charge is -2.15. The summed E-state index contributed by atoms with van der Waals surface area (Å²) in [6.07, 6.45) is 0. The summed E-state index contributed by atoms with van der Waals surface area (Å²) in [5.74, 6) is 0.459. The first-order valence-corrected chi connectivity index (χ1v) is 5.87. The lowest BCUT2D eigenvalue weighted by molar-refractivity contribution is 0.204. The first kappa shape index (κ1) is 9.52. The predicted molar refractivity (Wildman–Crippen MR) is 53.1 cm³/mol. The number of fused-ring (bicyclic) bond motifs is 1. The Hall–Kier alpha value is -1.03. The van der Waals surface area contributed by atoms with Gasteiger partial charge in [0.05, 0.1) is 0 Å². The van der Waals surface area contributed by atoms with Crippen LogP contribution in [0.1, 0.15) is 19.4 Å². The Morgan fingerprint density at radius 1 is 1.29 bits per heavy atom. The smallest absolute Gasteiger partial charge is 0.222 e. The summed E-state index contributed by atoms with van der Waals surface area (Å²) in [6, 6.07) is 5.20. The van der Waals surface area contributed by atoms with E-state index < -0.39 is 14.8 Å². The maximum Gasteiger partial charge on any atom is 0.222 e. The van der Waals surface area contributed by atoms with Crippen LogP contribution in [0, 0.1) is 6.92 Å². The molecule has 0 radical (unpaired) electrons. The molecule has 1 heterocycles. The Morgan fingerprint density at radius 2 is 1.93 bits per heavy atom. The van der Waals surface area contributed by atoms with Gasteiger partial charge in [0.15, 0.2) is 0 Å². The lowest BCUT2D eigenvalue weighted by Crippen LogP contribution is -2.32. The van der Waals surface area contributed by atoms with Crippen molar-refractivity contribution in [2.24, 2.45) is 0 Å². The zero-order valence-corrected chi connectivity index (χ0v) is 9.18. The summed E-state index contributed by atoms with van der Waals surface area (Å²) in [5, 5.41) is 0. The second-order valence-corrected chi connectivity index (χ2v) is 6.39. The second kappa shape index (κ2) is 2.51. The van der Waals surface area contributed by atoms with Crippen LogP contribution in [0.4, 0.5) is 0 Å². The SMILES string of the molecule is Cc1ccc2c(c1)S(=O)(=O)C(C)(C)O2. The molecule has 0 aromatic heterocycles. The van der Waals surface area contributed by atoms with Gasteiger partial charge < -0.3 is 4.74 Å². The van der Waals surface area contributed by atoms with Crippen molar-refractivity contribution in [3.05, 3.63) is 23.8 Å². The van der Waals surface area contributed by atoms with E-state index in [1.165, 1.54) is 0 Å². The summed E-state index contributed by atoms with van der Waals surface area (Å²) in [7, 11) is -3.33. The highest BCUT2D eigenvalue weighted by Gasteiger charge is 2.46. The third-order valence-electron chi connectivity index (χ3n) is 2.39. The summed E-state index contributed by atoms with van der Waals surface area (Å²) in [4.78, 5) is -0.828. The molecule has 4 heteroatoms. The number of benzene rings is 1. The predicted octanol–water partition coefficient (Wildman–Crippen LogP) is 1.90. The van der Waals surface area contributed by atoms with E-state index >= 15 is 0 Å². The first-order valence-electron chi connectivity index (χ1n) is 4.39. The Labute approximate surface area is 83.6 Å².